The fourth-order valence-corrected chi connectivity index (χ4v) is 3.54. The molecule has 0 radical (unpaired) electrons. The zero-order valence-electron chi connectivity index (χ0n) is 11.8. The van der Waals surface area contributed by atoms with Crippen molar-refractivity contribution in [3.8, 4) is 11.8 Å². The van der Waals surface area contributed by atoms with E-state index in [1.165, 1.54) is 30.6 Å². The highest BCUT2D eigenvalue weighted by molar-refractivity contribution is 7.10. The predicted octanol–water partition coefficient (Wildman–Crippen LogP) is 2.79. The van der Waals surface area contributed by atoms with Crippen LogP contribution in [0.15, 0.2) is 11.4 Å². The van der Waals surface area contributed by atoms with Crippen molar-refractivity contribution in [2.45, 2.75) is 45.1 Å². The first-order chi connectivity index (χ1) is 9.74. The zero-order chi connectivity index (χ0) is 14.4. The number of aliphatic hydroxyl groups excluding tert-OH is 1. The summed E-state index contributed by atoms with van der Waals surface area (Å²) in [6.07, 6.45) is 5.92. The van der Waals surface area contributed by atoms with Gasteiger partial charge in [-0.25, -0.2) is 0 Å². The Labute approximate surface area is 124 Å². The largest absolute Gasteiger partial charge is 0.384 e. The van der Waals surface area contributed by atoms with Crippen molar-refractivity contribution in [3.05, 3.63) is 21.9 Å². The molecular formula is C16H21NO2S. The van der Waals surface area contributed by atoms with E-state index >= 15 is 0 Å². The van der Waals surface area contributed by atoms with Crippen LogP contribution in [-0.4, -0.2) is 23.7 Å². The molecule has 1 amide bonds. The molecular weight excluding hydrogens is 270 g/mol. The second-order valence-electron chi connectivity index (χ2n) is 5.19. The lowest BCUT2D eigenvalue weighted by molar-refractivity contribution is 0.0905. The third-order valence-corrected chi connectivity index (χ3v) is 4.75. The fourth-order valence-electron chi connectivity index (χ4n) is 2.79. The van der Waals surface area contributed by atoms with Crippen molar-refractivity contribution in [1.29, 1.82) is 0 Å². The molecule has 2 rings (SSSR count). The van der Waals surface area contributed by atoms with Gasteiger partial charge in [0.05, 0.1) is 10.4 Å². The first-order valence-electron chi connectivity index (χ1n) is 7.23. The van der Waals surface area contributed by atoms with Gasteiger partial charge in [0.2, 0.25) is 0 Å². The average Bonchev–Trinajstić information content (AvgIpc) is 2.94. The highest BCUT2D eigenvalue weighted by atomic mass is 32.1. The molecule has 0 aliphatic heterocycles. The van der Waals surface area contributed by atoms with Gasteiger partial charge >= 0.3 is 0 Å². The Bertz CT molecular complexity index is 512. The summed E-state index contributed by atoms with van der Waals surface area (Å²) in [5.41, 5.74) is 0.678. The third-order valence-electron chi connectivity index (χ3n) is 3.90. The minimum absolute atomic E-state index is 0.00338. The zero-order valence-corrected chi connectivity index (χ0v) is 12.6. The summed E-state index contributed by atoms with van der Waals surface area (Å²) in [7, 11) is 0. The summed E-state index contributed by atoms with van der Waals surface area (Å²) in [6, 6.07) is 2.11. The van der Waals surface area contributed by atoms with Gasteiger partial charge in [0.25, 0.3) is 5.91 Å². The molecule has 1 aromatic heterocycles. The minimum Gasteiger partial charge on any atom is -0.384 e. The second kappa shape index (κ2) is 7.47. The summed E-state index contributed by atoms with van der Waals surface area (Å²) in [5, 5.41) is 13.7. The van der Waals surface area contributed by atoms with Gasteiger partial charge in [0.1, 0.15) is 6.61 Å². The van der Waals surface area contributed by atoms with E-state index in [0.717, 1.165) is 17.7 Å². The van der Waals surface area contributed by atoms with Crippen LogP contribution < -0.4 is 5.32 Å². The average molecular weight is 291 g/mol. The number of amides is 1. The Morgan fingerprint density at radius 1 is 1.50 bits per heavy atom. The Balaban J connectivity index is 1.98. The molecule has 1 aromatic rings. The van der Waals surface area contributed by atoms with Crippen LogP contribution in [0.2, 0.25) is 0 Å². The molecule has 1 aliphatic rings. The number of aliphatic hydroxyl groups is 1. The Morgan fingerprint density at radius 2 is 2.30 bits per heavy atom. The summed E-state index contributed by atoms with van der Waals surface area (Å²) in [5.74, 6) is 6.04. The van der Waals surface area contributed by atoms with Crippen molar-refractivity contribution in [3.63, 3.8) is 0 Å². The van der Waals surface area contributed by atoms with Crippen molar-refractivity contribution < 1.29 is 9.90 Å². The van der Waals surface area contributed by atoms with Gasteiger partial charge in [0, 0.05) is 11.4 Å². The Hall–Kier alpha value is -1.31. The van der Waals surface area contributed by atoms with E-state index in [1.54, 1.807) is 6.07 Å². The monoisotopic (exact) mass is 291 g/mol. The van der Waals surface area contributed by atoms with Gasteiger partial charge in [0.15, 0.2) is 0 Å². The number of rotatable bonds is 3. The first kappa shape index (κ1) is 15.1. The van der Waals surface area contributed by atoms with Gasteiger partial charge in [-0.2, -0.15) is 0 Å². The standard InChI is InChI=1S/C16H21NO2S/c1-2-12-6-3-4-8-15(12)17-16(19)13-10-14(20-11-13)7-5-9-18/h10-12,15,18H,2-4,6,8-9H2,1H3,(H,17,19). The molecule has 0 saturated heterocycles. The SMILES string of the molecule is CCC1CCCCC1NC(=O)c1csc(C#CCO)c1. The molecule has 1 saturated carbocycles. The summed E-state index contributed by atoms with van der Waals surface area (Å²) >= 11 is 1.44. The molecule has 0 bridgehead atoms. The third kappa shape index (κ3) is 3.84. The molecule has 2 atom stereocenters. The topological polar surface area (TPSA) is 49.3 Å². The van der Waals surface area contributed by atoms with E-state index in [0.29, 0.717) is 17.5 Å². The van der Waals surface area contributed by atoms with Crippen LogP contribution in [0.3, 0.4) is 0 Å². The van der Waals surface area contributed by atoms with E-state index in [9.17, 15) is 4.79 Å². The normalized spacial score (nSPS) is 21.9. The van der Waals surface area contributed by atoms with Crippen LogP contribution in [-0.2, 0) is 0 Å². The van der Waals surface area contributed by atoms with Gasteiger partial charge in [-0.1, -0.05) is 38.0 Å². The number of hydrogen-bond acceptors (Lipinski definition) is 3. The van der Waals surface area contributed by atoms with Crippen LogP contribution in [0.25, 0.3) is 0 Å². The number of nitrogens with one attached hydrogen (secondary N) is 1. The van der Waals surface area contributed by atoms with E-state index < -0.39 is 0 Å². The highest BCUT2D eigenvalue weighted by Crippen LogP contribution is 2.27. The number of hydrogen-bond donors (Lipinski definition) is 2. The number of carbonyl (C=O) groups is 1. The second-order valence-corrected chi connectivity index (χ2v) is 6.10. The van der Waals surface area contributed by atoms with Crippen molar-refractivity contribution in [2.75, 3.05) is 6.61 Å². The lowest BCUT2D eigenvalue weighted by Crippen LogP contribution is -2.41. The maximum atomic E-state index is 12.3. The van der Waals surface area contributed by atoms with Crippen LogP contribution in [0, 0.1) is 17.8 Å². The molecule has 1 aliphatic carbocycles. The van der Waals surface area contributed by atoms with E-state index in [1.807, 2.05) is 5.38 Å². The van der Waals surface area contributed by atoms with Crippen LogP contribution in [0.5, 0.6) is 0 Å². The Kier molecular flexibility index (Phi) is 5.63. The van der Waals surface area contributed by atoms with Crippen molar-refractivity contribution >= 4 is 17.2 Å². The molecule has 2 unspecified atom stereocenters. The van der Waals surface area contributed by atoms with Crippen LogP contribution in [0.4, 0.5) is 0 Å². The highest BCUT2D eigenvalue weighted by Gasteiger charge is 2.25. The predicted molar refractivity (Wildman–Crippen MR) is 81.8 cm³/mol. The molecule has 108 valence electrons. The van der Waals surface area contributed by atoms with Gasteiger partial charge < -0.3 is 10.4 Å². The van der Waals surface area contributed by atoms with Gasteiger partial charge in [-0.15, -0.1) is 11.3 Å². The molecule has 20 heavy (non-hydrogen) atoms. The van der Waals surface area contributed by atoms with Crippen LogP contribution in [0.1, 0.15) is 54.3 Å². The minimum atomic E-state index is -0.153. The van der Waals surface area contributed by atoms with E-state index in [-0.39, 0.29) is 12.5 Å². The van der Waals surface area contributed by atoms with Crippen molar-refractivity contribution in [2.24, 2.45) is 5.92 Å². The first-order valence-corrected chi connectivity index (χ1v) is 8.11. The maximum Gasteiger partial charge on any atom is 0.252 e. The molecule has 3 nitrogen and oxygen atoms in total. The Morgan fingerprint density at radius 3 is 3.05 bits per heavy atom. The number of thiophene rings is 1. The number of carbonyl (C=O) groups excluding carboxylic acids is 1. The maximum absolute atomic E-state index is 12.3. The molecule has 0 aromatic carbocycles. The van der Waals surface area contributed by atoms with Gasteiger partial charge in [-0.3, -0.25) is 4.79 Å². The quantitative estimate of drug-likeness (QED) is 0.841. The van der Waals surface area contributed by atoms with Crippen LogP contribution >= 0.6 is 11.3 Å². The van der Waals surface area contributed by atoms with E-state index in [4.69, 9.17) is 5.11 Å². The molecule has 4 heteroatoms. The summed E-state index contributed by atoms with van der Waals surface area (Å²) in [6.45, 7) is 2.04. The lowest BCUT2D eigenvalue weighted by Gasteiger charge is -2.31. The molecule has 1 heterocycles. The van der Waals surface area contributed by atoms with E-state index in [2.05, 4.69) is 24.1 Å². The van der Waals surface area contributed by atoms with Gasteiger partial charge in [-0.05, 0) is 24.8 Å². The molecule has 0 spiro atoms. The lowest BCUT2D eigenvalue weighted by atomic mass is 9.83. The molecule has 2 N–H and O–H groups in total. The summed E-state index contributed by atoms with van der Waals surface area (Å²) < 4.78 is 0. The fraction of sp³-hybridized carbons (Fsp3) is 0.562. The summed E-state index contributed by atoms with van der Waals surface area (Å²) in [4.78, 5) is 13.1. The van der Waals surface area contributed by atoms with Crippen molar-refractivity contribution in [1.82, 2.24) is 5.32 Å². The smallest absolute Gasteiger partial charge is 0.252 e. The molecule has 1 fully saturated rings.